The molecule has 2 N–H and O–H groups in total. The molecule has 17 heavy (non-hydrogen) atoms. The summed E-state index contributed by atoms with van der Waals surface area (Å²) in [6.07, 6.45) is 1.69. The van der Waals surface area contributed by atoms with Gasteiger partial charge < -0.3 is 15.0 Å². The molecule has 0 atom stereocenters. The molecular weight excluding hydrogens is 238 g/mol. The molecule has 0 bridgehead atoms. The maximum absolute atomic E-state index is 5.89. The average Bonchev–Trinajstić information content (AvgIpc) is 2.37. The number of nitrogens with zero attached hydrogens (tertiary/aromatic N) is 1. The third-order valence-corrected chi connectivity index (χ3v) is 3.33. The van der Waals surface area contributed by atoms with Crippen LogP contribution in [0.25, 0.3) is 0 Å². The topological polar surface area (TPSA) is 57.4 Å². The lowest BCUT2D eigenvalue weighted by molar-refractivity contribution is 0.00578. The summed E-state index contributed by atoms with van der Waals surface area (Å²) < 4.78 is 11.8. The van der Waals surface area contributed by atoms with Crippen LogP contribution in [0.4, 0.5) is 5.82 Å². The summed E-state index contributed by atoms with van der Waals surface area (Å²) in [5.41, 5.74) is 5.79. The van der Waals surface area contributed by atoms with Crippen molar-refractivity contribution in [2.75, 3.05) is 5.73 Å². The van der Waals surface area contributed by atoms with E-state index in [2.05, 4.69) is 4.98 Å². The highest BCUT2D eigenvalue weighted by Crippen LogP contribution is 2.36. The van der Waals surface area contributed by atoms with E-state index in [0.717, 1.165) is 5.46 Å². The molecule has 94 valence electrons. The largest absolute Gasteiger partial charge is 0.496 e. The summed E-state index contributed by atoms with van der Waals surface area (Å²) >= 11 is 0. The Kier molecular flexibility index (Phi) is 3.76. The van der Waals surface area contributed by atoms with Crippen molar-refractivity contribution in [1.82, 2.24) is 4.98 Å². The van der Waals surface area contributed by atoms with Gasteiger partial charge in [0.15, 0.2) is 0 Å². The quantitative estimate of drug-likeness (QED) is 0.772. The zero-order chi connectivity index (χ0) is 12.0. The highest BCUT2D eigenvalue weighted by atomic mass is 35.5. The van der Waals surface area contributed by atoms with E-state index in [-0.39, 0.29) is 30.7 Å². The molecule has 2 heterocycles. The maximum Gasteiger partial charge on any atom is 0.496 e. The van der Waals surface area contributed by atoms with Crippen LogP contribution in [-0.2, 0) is 9.31 Å². The Morgan fingerprint density at radius 2 is 1.65 bits per heavy atom. The Labute approximate surface area is 108 Å². The lowest BCUT2D eigenvalue weighted by atomic mass is 9.80. The molecular formula is C11H18BClN2O2. The fourth-order valence-electron chi connectivity index (χ4n) is 1.54. The standard InChI is InChI=1S/C11H17BN2O2.ClH/c1-10(2)11(3,4)16-12(15-10)8-5-6-9(13)14-7-8;/h5-7H,1-4H3,(H2,13,14);1H. The zero-order valence-corrected chi connectivity index (χ0v) is 11.4. The monoisotopic (exact) mass is 256 g/mol. The van der Waals surface area contributed by atoms with Gasteiger partial charge in [0, 0.05) is 11.7 Å². The molecule has 0 spiro atoms. The predicted octanol–water partition coefficient (Wildman–Crippen LogP) is 1.38. The van der Waals surface area contributed by atoms with Crippen LogP contribution in [0, 0.1) is 0 Å². The van der Waals surface area contributed by atoms with Crippen LogP contribution in [0.5, 0.6) is 0 Å². The van der Waals surface area contributed by atoms with Gasteiger partial charge in [-0.2, -0.15) is 0 Å². The van der Waals surface area contributed by atoms with Crippen LogP contribution >= 0.6 is 12.4 Å². The second-order valence-corrected chi connectivity index (χ2v) is 5.10. The number of nitrogens with two attached hydrogens (primary N) is 1. The molecule has 0 amide bonds. The van der Waals surface area contributed by atoms with E-state index in [0.29, 0.717) is 5.82 Å². The first-order chi connectivity index (χ1) is 7.32. The van der Waals surface area contributed by atoms with Crippen molar-refractivity contribution in [2.45, 2.75) is 38.9 Å². The Morgan fingerprint density at radius 1 is 1.12 bits per heavy atom. The number of pyridine rings is 1. The van der Waals surface area contributed by atoms with Gasteiger partial charge in [-0.15, -0.1) is 12.4 Å². The number of aromatic nitrogens is 1. The van der Waals surface area contributed by atoms with Crippen molar-refractivity contribution in [3.8, 4) is 0 Å². The van der Waals surface area contributed by atoms with Crippen LogP contribution in [0.1, 0.15) is 27.7 Å². The van der Waals surface area contributed by atoms with Crippen molar-refractivity contribution >= 4 is 30.8 Å². The van der Waals surface area contributed by atoms with Crippen molar-refractivity contribution in [1.29, 1.82) is 0 Å². The normalized spacial score (nSPS) is 21.1. The summed E-state index contributed by atoms with van der Waals surface area (Å²) in [7, 11) is -0.363. The van der Waals surface area contributed by atoms with Crippen molar-refractivity contribution in [3.05, 3.63) is 18.3 Å². The van der Waals surface area contributed by atoms with Gasteiger partial charge in [0.25, 0.3) is 0 Å². The minimum absolute atomic E-state index is 0. The van der Waals surface area contributed by atoms with Gasteiger partial charge in [-0.05, 0) is 33.8 Å². The van der Waals surface area contributed by atoms with E-state index >= 15 is 0 Å². The van der Waals surface area contributed by atoms with Crippen LogP contribution in [0.3, 0.4) is 0 Å². The first-order valence-electron chi connectivity index (χ1n) is 5.39. The molecule has 1 aliphatic rings. The van der Waals surface area contributed by atoms with Gasteiger partial charge in [-0.1, -0.05) is 6.07 Å². The Hall–Kier alpha value is -0.775. The average molecular weight is 257 g/mol. The van der Waals surface area contributed by atoms with E-state index < -0.39 is 0 Å². The van der Waals surface area contributed by atoms with Crippen molar-refractivity contribution in [3.63, 3.8) is 0 Å². The molecule has 0 aromatic carbocycles. The fraction of sp³-hybridized carbons (Fsp3) is 0.545. The van der Waals surface area contributed by atoms with Gasteiger partial charge in [0.05, 0.1) is 11.2 Å². The van der Waals surface area contributed by atoms with Crippen LogP contribution in [0.2, 0.25) is 0 Å². The molecule has 1 fully saturated rings. The van der Waals surface area contributed by atoms with Crippen LogP contribution in [0.15, 0.2) is 18.3 Å². The second-order valence-electron chi connectivity index (χ2n) is 5.10. The molecule has 0 unspecified atom stereocenters. The molecule has 1 aromatic rings. The van der Waals surface area contributed by atoms with Gasteiger partial charge >= 0.3 is 7.12 Å². The molecule has 0 aliphatic carbocycles. The summed E-state index contributed by atoms with van der Waals surface area (Å²) in [5.74, 6) is 0.500. The molecule has 4 nitrogen and oxygen atoms in total. The van der Waals surface area contributed by atoms with Gasteiger partial charge in [-0.25, -0.2) is 4.98 Å². The third kappa shape index (κ3) is 2.56. The minimum atomic E-state index is -0.363. The van der Waals surface area contributed by atoms with Crippen molar-refractivity contribution in [2.24, 2.45) is 0 Å². The first kappa shape index (κ1) is 14.3. The van der Waals surface area contributed by atoms with Crippen LogP contribution in [-0.4, -0.2) is 23.3 Å². The molecule has 0 saturated carbocycles. The number of hydrogen-bond acceptors (Lipinski definition) is 4. The van der Waals surface area contributed by atoms with Gasteiger partial charge in [-0.3, -0.25) is 0 Å². The first-order valence-corrected chi connectivity index (χ1v) is 5.39. The van der Waals surface area contributed by atoms with E-state index in [4.69, 9.17) is 15.0 Å². The summed E-state index contributed by atoms with van der Waals surface area (Å²) in [5, 5.41) is 0. The van der Waals surface area contributed by atoms with Gasteiger partial charge in [0.1, 0.15) is 5.82 Å². The number of halogens is 1. The zero-order valence-electron chi connectivity index (χ0n) is 10.6. The van der Waals surface area contributed by atoms with E-state index in [1.807, 2.05) is 33.8 Å². The number of anilines is 1. The molecule has 1 aliphatic heterocycles. The summed E-state index contributed by atoms with van der Waals surface area (Å²) in [4.78, 5) is 4.04. The molecule has 6 heteroatoms. The maximum atomic E-state index is 5.89. The molecule has 2 rings (SSSR count). The Balaban J connectivity index is 0.00000144. The highest BCUT2D eigenvalue weighted by molar-refractivity contribution is 6.62. The number of hydrogen-bond donors (Lipinski definition) is 1. The number of rotatable bonds is 1. The fourth-order valence-corrected chi connectivity index (χ4v) is 1.54. The summed E-state index contributed by atoms with van der Waals surface area (Å²) in [6.45, 7) is 8.10. The minimum Gasteiger partial charge on any atom is -0.399 e. The van der Waals surface area contributed by atoms with Gasteiger partial charge in [0.2, 0.25) is 0 Å². The van der Waals surface area contributed by atoms with Crippen LogP contribution < -0.4 is 11.2 Å². The Morgan fingerprint density at radius 3 is 2.06 bits per heavy atom. The van der Waals surface area contributed by atoms with E-state index in [1.54, 1.807) is 12.3 Å². The highest BCUT2D eigenvalue weighted by Gasteiger charge is 2.51. The SMILES string of the molecule is CC1(C)OB(c2ccc(N)nc2)OC1(C)C.Cl. The Bertz CT molecular complexity index is 379. The molecule has 1 aromatic heterocycles. The summed E-state index contributed by atoms with van der Waals surface area (Å²) in [6, 6.07) is 3.63. The second kappa shape index (κ2) is 4.48. The third-order valence-electron chi connectivity index (χ3n) is 3.33. The lowest BCUT2D eigenvalue weighted by Gasteiger charge is -2.32. The van der Waals surface area contributed by atoms with E-state index in [1.165, 1.54) is 0 Å². The predicted molar refractivity (Wildman–Crippen MR) is 71.6 cm³/mol. The van der Waals surface area contributed by atoms with Crippen molar-refractivity contribution < 1.29 is 9.31 Å². The van der Waals surface area contributed by atoms with E-state index in [9.17, 15) is 0 Å². The number of nitrogen functional groups attached to an aromatic ring is 1. The molecule has 0 radical (unpaired) electrons. The molecule has 1 saturated heterocycles. The smallest absolute Gasteiger partial charge is 0.399 e. The lowest BCUT2D eigenvalue weighted by Crippen LogP contribution is -2.41.